The van der Waals surface area contributed by atoms with Gasteiger partial charge in [0.25, 0.3) is 0 Å². The minimum absolute atomic E-state index is 0.117. The molecule has 0 aliphatic rings. The van der Waals surface area contributed by atoms with Gasteiger partial charge in [0.1, 0.15) is 12.7 Å². The summed E-state index contributed by atoms with van der Waals surface area (Å²) < 4.78 is 6.25. The second kappa shape index (κ2) is 7.53. The van der Waals surface area contributed by atoms with Gasteiger partial charge >= 0.3 is 5.97 Å². The van der Waals surface area contributed by atoms with Gasteiger partial charge in [-0.05, 0) is 11.4 Å². The largest absolute Gasteiger partial charge is 0.469 e. The quantitative estimate of drug-likeness (QED) is 0.775. The summed E-state index contributed by atoms with van der Waals surface area (Å²) >= 11 is 1.49. The first-order valence-corrected chi connectivity index (χ1v) is 7.29. The molecule has 2 rings (SSSR count). The maximum Gasteiger partial charge on any atom is 0.307 e. The van der Waals surface area contributed by atoms with Crippen LogP contribution in [0.3, 0.4) is 0 Å². The van der Waals surface area contributed by atoms with E-state index in [9.17, 15) is 9.59 Å². The van der Waals surface area contributed by atoms with E-state index < -0.39 is 0 Å². The average molecular weight is 308 g/mol. The molecule has 0 aromatic carbocycles. The number of aryl methyl sites for hydroxylation is 1. The van der Waals surface area contributed by atoms with Crippen LogP contribution >= 0.6 is 11.3 Å². The van der Waals surface area contributed by atoms with E-state index in [4.69, 9.17) is 0 Å². The molecule has 1 unspecified atom stereocenters. The van der Waals surface area contributed by atoms with Crippen LogP contribution < -0.4 is 5.32 Å². The van der Waals surface area contributed by atoms with Crippen LogP contribution in [0.1, 0.15) is 23.8 Å². The molecule has 0 radical (unpaired) electrons. The highest BCUT2D eigenvalue weighted by Gasteiger charge is 2.19. The molecule has 21 heavy (non-hydrogen) atoms. The van der Waals surface area contributed by atoms with Crippen molar-refractivity contribution in [1.82, 2.24) is 20.1 Å². The first-order chi connectivity index (χ1) is 10.2. The molecule has 0 fully saturated rings. The van der Waals surface area contributed by atoms with Gasteiger partial charge in [-0.15, -0.1) is 11.3 Å². The molecule has 0 aliphatic heterocycles. The smallest absolute Gasteiger partial charge is 0.307 e. The topological polar surface area (TPSA) is 86.1 Å². The van der Waals surface area contributed by atoms with Crippen molar-refractivity contribution < 1.29 is 14.3 Å². The summed E-state index contributed by atoms with van der Waals surface area (Å²) in [6.07, 6.45) is 3.36. The summed E-state index contributed by atoms with van der Waals surface area (Å²) in [7, 11) is 1.33. The van der Waals surface area contributed by atoms with Crippen molar-refractivity contribution >= 4 is 23.2 Å². The highest BCUT2D eigenvalue weighted by molar-refractivity contribution is 7.10. The molecule has 7 nitrogen and oxygen atoms in total. The third kappa shape index (κ3) is 4.67. The zero-order valence-electron chi connectivity index (χ0n) is 11.6. The number of rotatable bonds is 7. The van der Waals surface area contributed by atoms with E-state index in [-0.39, 0.29) is 30.8 Å². The van der Waals surface area contributed by atoms with Gasteiger partial charge in [0.05, 0.1) is 26.1 Å². The van der Waals surface area contributed by atoms with Crippen molar-refractivity contribution in [2.45, 2.75) is 25.4 Å². The third-order valence-electron chi connectivity index (χ3n) is 2.85. The van der Waals surface area contributed by atoms with Crippen LogP contribution in [0.25, 0.3) is 0 Å². The molecule has 1 N–H and O–H groups in total. The van der Waals surface area contributed by atoms with Crippen LogP contribution in [-0.4, -0.2) is 33.8 Å². The van der Waals surface area contributed by atoms with Crippen molar-refractivity contribution in [3.05, 3.63) is 35.0 Å². The molecule has 2 heterocycles. The zero-order chi connectivity index (χ0) is 15.1. The number of hydrogen-bond acceptors (Lipinski definition) is 6. The van der Waals surface area contributed by atoms with Gasteiger partial charge < -0.3 is 10.1 Å². The molecular weight excluding hydrogens is 292 g/mol. The lowest BCUT2D eigenvalue weighted by Gasteiger charge is -2.16. The van der Waals surface area contributed by atoms with Crippen molar-refractivity contribution in [1.29, 1.82) is 0 Å². The Bertz CT molecular complexity index is 568. The lowest BCUT2D eigenvalue weighted by molar-refractivity contribution is -0.141. The number of ether oxygens (including phenoxy) is 1. The van der Waals surface area contributed by atoms with Crippen LogP contribution in [0.15, 0.2) is 30.2 Å². The predicted octanol–water partition coefficient (Wildman–Crippen LogP) is 1.15. The van der Waals surface area contributed by atoms with E-state index in [0.717, 1.165) is 4.88 Å². The number of methoxy groups -OCH3 is 1. The molecule has 0 saturated carbocycles. The summed E-state index contributed by atoms with van der Waals surface area (Å²) in [6.45, 7) is 0.446. The second-order valence-electron chi connectivity index (χ2n) is 4.32. The SMILES string of the molecule is COC(=O)CC(NC(=O)CCn1cncn1)c1cccs1. The predicted molar refractivity (Wildman–Crippen MR) is 76.5 cm³/mol. The minimum Gasteiger partial charge on any atom is -0.469 e. The van der Waals surface area contributed by atoms with E-state index in [2.05, 4.69) is 20.1 Å². The normalized spacial score (nSPS) is 11.9. The average Bonchev–Trinajstić information content (AvgIpc) is 3.17. The maximum atomic E-state index is 12.0. The summed E-state index contributed by atoms with van der Waals surface area (Å²) in [5, 5.41) is 8.69. The lowest BCUT2D eigenvalue weighted by Crippen LogP contribution is -2.30. The molecule has 2 aromatic heterocycles. The van der Waals surface area contributed by atoms with Crippen LogP contribution in [0.4, 0.5) is 0 Å². The number of carbonyl (C=O) groups excluding carboxylic acids is 2. The van der Waals surface area contributed by atoms with E-state index in [1.54, 1.807) is 11.0 Å². The summed E-state index contributed by atoms with van der Waals surface area (Å²) in [6, 6.07) is 3.41. The van der Waals surface area contributed by atoms with E-state index in [1.165, 1.54) is 24.8 Å². The standard InChI is InChI=1S/C13H16N4O3S/c1-20-13(19)7-10(11-3-2-6-21-11)16-12(18)4-5-17-9-14-8-15-17/h2-3,6,8-10H,4-5,7H2,1H3,(H,16,18). The van der Waals surface area contributed by atoms with Gasteiger partial charge in [-0.2, -0.15) is 5.10 Å². The van der Waals surface area contributed by atoms with Crippen molar-refractivity contribution in [3.63, 3.8) is 0 Å². The number of nitrogens with one attached hydrogen (secondary N) is 1. The first-order valence-electron chi connectivity index (χ1n) is 6.41. The van der Waals surface area contributed by atoms with E-state index in [0.29, 0.717) is 6.54 Å². The van der Waals surface area contributed by atoms with Crippen LogP contribution in [0, 0.1) is 0 Å². The molecule has 1 amide bonds. The highest BCUT2D eigenvalue weighted by atomic mass is 32.1. The van der Waals surface area contributed by atoms with Gasteiger partial charge in [-0.25, -0.2) is 4.98 Å². The molecular formula is C13H16N4O3S. The highest BCUT2D eigenvalue weighted by Crippen LogP contribution is 2.22. The Labute approximate surface area is 125 Å². The first kappa shape index (κ1) is 15.2. The monoisotopic (exact) mass is 308 g/mol. The Balaban J connectivity index is 1.91. The van der Waals surface area contributed by atoms with Gasteiger partial charge in [-0.3, -0.25) is 14.3 Å². The number of thiophene rings is 1. The van der Waals surface area contributed by atoms with Gasteiger partial charge in [0, 0.05) is 11.3 Å². The van der Waals surface area contributed by atoms with Crippen LogP contribution in [0.5, 0.6) is 0 Å². The van der Waals surface area contributed by atoms with Crippen LogP contribution in [-0.2, 0) is 20.9 Å². The van der Waals surface area contributed by atoms with Crippen molar-refractivity contribution in [2.24, 2.45) is 0 Å². The Hall–Kier alpha value is -2.22. The number of amides is 1. The van der Waals surface area contributed by atoms with Gasteiger partial charge in [-0.1, -0.05) is 6.07 Å². The van der Waals surface area contributed by atoms with Crippen molar-refractivity contribution in [2.75, 3.05) is 7.11 Å². The molecule has 0 aliphatic carbocycles. The summed E-state index contributed by atoms with van der Waals surface area (Å²) in [5.74, 6) is -0.502. The van der Waals surface area contributed by atoms with E-state index in [1.807, 2.05) is 17.5 Å². The summed E-state index contributed by atoms with van der Waals surface area (Å²) in [4.78, 5) is 28.2. The molecule has 8 heteroatoms. The third-order valence-corrected chi connectivity index (χ3v) is 3.84. The van der Waals surface area contributed by atoms with E-state index >= 15 is 0 Å². The number of nitrogens with zero attached hydrogens (tertiary/aromatic N) is 3. The zero-order valence-corrected chi connectivity index (χ0v) is 12.4. The maximum absolute atomic E-state index is 12.0. The minimum atomic E-state index is -0.360. The lowest BCUT2D eigenvalue weighted by atomic mass is 10.1. The van der Waals surface area contributed by atoms with Crippen molar-refractivity contribution in [3.8, 4) is 0 Å². The molecule has 2 aromatic rings. The molecule has 0 saturated heterocycles. The van der Waals surface area contributed by atoms with Crippen LogP contribution in [0.2, 0.25) is 0 Å². The van der Waals surface area contributed by atoms with Gasteiger partial charge in [0.15, 0.2) is 0 Å². The Kier molecular flexibility index (Phi) is 5.44. The number of carbonyl (C=O) groups is 2. The fourth-order valence-electron chi connectivity index (χ4n) is 1.79. The van der Waals surface area contributed by atoms with Gasteiger partial charge in [0.2, 0.25) is 5.91 Å². The Morgan fingerprint density at radius 1 is 1.52 bits per heavy atom. The fraction of sp³-hybridized carbons (Fsp3) is 0.385. The Morgan fingerprint density at radius 2 is 2.38 bits per heavy atom. The number of hydrogen-bond donors (Lipinski definition) is 1. The number of esters is 1. The fourth-order valence-corrected chi connectivity index (χ4v) is 2.57. The molecule has 112 valence electrons. The summed E-state index contributed by atoms with van der Waals surface area (Å²) in [5.41, 5.74) is 0. The number of aromatic nitrogens is 3. The molecule has 0 spiro atoms. The molecule has 1 atom stereocenters. The molecule has 0 bridgehead atoms. The second-order valence-corrected chi connectivity index (χ2v) is 5.30. The Morgan fingerprint density at radius 3 is 3.00 bits per heavy atom.